The van der Waals surface area contributed by atoms with E-state index in [2.05, 4.69) is 33.6 Å². The summed E-state index contributed by atoms with van der Waals surface area (Å²) >= 11 is 2.19. The average Bonchev–Trinajstić information content (AvgIpc) is 3.37. The topological polar surface area (TPSA) is 70.3 Å². The Labute approximate surface area is 187 Å². The van der Waals surface area contributed by atoms with E-state index in [-0.39, 0.29) is 11.6 Å². The Morgan fingerprint density at radius 1 is 1.17 bits per heavy atom. The third kappa shape index (κ3) is 4.40. The smallest absolute Gasteiger partial charge is 0.363 e. The van der Waals surface area contributed by atoms with Gasteiger partial charge in [0.05, 0.1) is 16.9 Å². The number of hydrogen-bond acceptors (Lipinski definition) is 6. The Bertz CT molecular complexity index is 1150. The molecule has 0 unspecified atom stereocenters. The predicted molar refractivity (Wildman–Crippen MR) is 121 cm³/mol. The third-order valence-electron chi connectivity index (χ3n) is 4.37. The lowest BCUT2D eigenvalue weighted by molar-refractivity contribution is -0.130. The summed E-state index contributed by atoms with van der Waals surface area (Å²) in [5.74, 6) is 1.24. The van der Waals surface area contributed by atoms with Crippen molar-refractivity contribution < 1.29 is 23.4 Å². The molecule has 3 aromatic rings. The van der Waals surface area contributed by atoms with Crippen LogP contribution < -0.4 is 9.47 Å². The van der Waals surface area contributed by atoms with E-state index in [1.807, 2.05) is 31.2 Å². The van der Waals surface area contributed by atoms with E-state index >= 15 is 0 Å². The molecule has 0 aliphatic carbocycles. The highest BCUT2D eigenvalue weighted by Gasteiger charge is 2.26. The second-order valence-corrected chi connectivity index (χ2v) is 7.79. The Hall–Kier alpha value is -3.07. The van der Waals surface area contributed by atoms with Crippen LogP contribution in [0, 0.1) is 10.5 Å². The first-order chi connectivity index (χ1) is 14.5. The lowest BCUT2D eigenvalue weighted by Crippen LogP contribution is -2.04. The van der Waals surface area contributed by atoms with Gasteiger partial charge in [0, 0.05) is 0 Å². The van der Waals surface area contributed by atoms with Crippen LogP contribution in [0.1, 0.15) is 22.5 Å². The first-order valence-electron chi connectivity index (χ1n) is 9.16. The molecule has 0 atom stereocenters. The largest absolute Gasteiger partial charge is 0.493 e. The van der Waals surface area contributed by atoms with Crippen LogP contribution in [-0.2, 0) is 16.1 Å². The third-order valence-corrected chi connectivity index (χ3v) is 5.17. The number of aryl methyl sites for hydroxylation is 1. The summed E-state index contributed by atoms with van der Waals surface area (Å²) in [6, 6.07) is 15.2. The van der Waals surface area contributed by atoms with Crippen LogP contribution in [0.5, 0.6) is 11.5 Å². The summed E-state index contributed by atoms with van der Waals surface area (Å²) in [6.07, 6.45) is 3.14. The molecule has 1 aliphatic rings. The predicted octanol–water partition coefficient (Wildman–Crippen LogP) is 5.12. The molecule has 0 bridgehead atoms. The zero-order chi connectivity index (χ0) is 21.1. The normalized spacial score (nSPS) is 14.6. The molecule has 1 aliphatic heterocycles. The number of furan rings is 1. The summed E-state index contributed by atoms with van der Waals surface area (Å²) < 4.78 is 22.8. The van der Waals surface area contributed by atoms with E-state index in [0.29, 0.717) is 23.9 Å². The zero-order valence-electron chi connectivity index (χ0n) is 16.3. The lowest BCUT2D eigenvalue weighted by atomic mass is 10.1. The second-order valence-electron chi connectivity index (χ2n) is 6.63. The van der Waals surface area contributed by atoms with Gasteiger partial charge < -0.3 is 18.6 Å². The Balaban J connectivity index is 1.59. The van der Waals surface area contributed by atoms with Gasteiger partial charge in [-0.2, -0.15) is 0 Å². The van der Waals surface area contributed by atoms with Crippen molar-refractivity contribution in [1.29, 1.82) is 0 Å². The van der Waals surface area contributed by atoms with Gasteiger partial charge in [-0.15, -0.1) is 0 Å². The van der Waals surface area contributed by atoms with Crippen molar-refractivity contribution in [2.45, 2.75) is 13.5 Å². The molecule has 0 fully saturated rings. The van der Waals surface area contributed by atoms with Gasteiger partial charge in [-0.05, 0) is 71.0 Å². The van der Waals surface area contributed by atoms with Gasteiger partial charge in [0.2, 0.25) is 0 Å². The molecule has 6 nitrogen and oxygen atoms in total. The van der Waals surface area contributed by atoms with Gasteiger partial charge in [-0.3, -0.25) is 0 Å². The van der Waals surface area contributed by atoms with Gasteiger partial charge in [-0.1, -0.05) is 29.8 Å². The van der Waals surface area contributed by atoms with Crippen molar-refractivity contribution >= 4 is 40.5 Å². The van der Waals surface area contributed by atoms with E-state index in [4.69, 9.17) is 18.6 Å². The maximum Gasteiger partial charge on any atom is 0.363 e. The number of cyclic esters (lactones) is 1. The molecule has 0 radical (unpaired) electrons. The standard InChI is InChI=1S/C23H18INO5/c1-14-5-3-6-15(9-14)13-29-21-17(24)10-16(12-20(21)27-2)11-18-23(26)30-22(25-18)19-7-4-8-28-19/h3-12H,13H2,1-2H3/b18-11-. The molecule has 2 heterocycles. The molecule has 0 spiro atoms. The molecule has 0 saturated heterocycles. The van der Waals surface area contributed by atoms with Crippen LogP contribution in [-0.4, -0.2) is 19.0 Å². The maximum atomic E-state index is 12.2. The quantitative estimate of drug-likeness (QED) is 0.259. The van der Waals surface area contributed by atoms with Crippen molar-refractivity contribution in [2.75, 3.05) is 7.11 Å². The maximum absolute atomic E-state index is 12.2. The van der Waals surface area contributed by atoms with Gasteiger partial charge in [0.15, 0.2) is 23.0 Å². The number of nitrogens with zero attached hydrogens (tertiary/aromatic N) is 1. The number of aliphatic imine (C=N–C) groups is 1. The first kappa shape index (κ1) is 20.2. The number of halogens is 1. The number of esters is 1. The van der Waals surface area contributed by atoms with Gasteiger partial charge in [0.25, 0.3) is 5.90 Å². The Morgan fingerprint density at radius 3 is 2.77 bits per heavy atom. The molecule has 7 heteroatoms. The van der Waals surface area contributed by atoms with Crippen molar-refractivity contribution in [2.24, 2.45) is 4.99 Å². The number of hydrogen-bond donors (Lipinski definition) is 0. The average molecular weight is 515 g/mol. The molecular formula is C23H18INO5. The molecule has 0 amide bonds. The van der Waals surface area contributed by atoms with Crippen LogP contribution >= 0.6 is 22.6 Å². The second kappa shape index (κ2) is 8.74. The van der Waals surface area contributed by atoms with E-state index < -0.39 is 5.97 Å². The SMILES string of the molecule is COc1cc(/C=C2\N=C(c3ccco3)OC2=O)cc(I)c1OCc1cccc(C)c1. The molecule has 1 aromatic heterocycles. The highest BCUT2D eigenvalue weighted by molar-refractivity contribution is 14.1. The fourth-order valence-electron chi connectivity index (χ4n) is 2.99. The molecular weight excluding hydrogens is 497 g/mol. The Morgan fingerprint density at radius 2 is 2.03 bits per heavy atom. The first-order valence-corrected chi connectivity index (χ1v) is 10.2. The van der Waals surface area contributed by atoms with Crippen LogP contribution in [0.2, 0.25) is 0 Å². The summed E-state index contributed by atoms with van der Waals surface area (Å²) in [4.78, 5) is 16.4. The van der Waals surface area contributed by atoms with Gasteiger partial charge >= 0.3 is 5.97 Å². The van der Waals surface area contributed by atoms with Crippen LogP contribution in [0.4, 0.5) is 0 Å². The highest BCUT2D eigenvalue weighted by Crippen LogP contribution is 2.35. The summed E-state index contributed by atoms with van der Waals surface area (Å²) in [7, 11) is 1.58. The van der Waals surface area contributed by atoms with Crippen molar-refractivity contribution in [3.05, 3.63) is 86.5 Å². The van der Waals surface area contributed by atoms with Crippen molar-refractivity contribution in [1.82, 2.24) is 0 Å². The summed E-state index contributed by atoms with van der Waals surface area (Å²) in [6.45, 7) is 2.47. The number of benzene rings is 2. The minimum Gasteiger partial charge on any atom is -0.493 e. The highest BCUT2D eigenvalue weighted by atomic mass is 127. The van der Waals surface area contributed by atoms with Crippen LogP contribution in [0.25, 0.3) is 6.08 Å². The van der Waals surface area contributed by atoms with Crippen molar-refractivity contribution in [3.63, 3.8) is 0 Å². The summed E-state index contributed by atoms with van der Waals surface area (Å²) in [5.41, 5.74) is 3.19. The monoisotopic (exact) mass is 515 g/mol. The van der Waals surface area contributed by atoms with Crippen LogP contribution in [0.15, 0.2) is 69.9 Å². The summed E-state index contributed by atoms with van der Waals surface area (Å²) in [5, 5.41) is 0. The number of carbonyl (C=O) groups is 1. The van der Waals surface area contributed by atoms with E-state index in [1.165, 1.54) is 11.8 Å². The van der Waals surface area contributed by atoms with E-state index in [9.17, 15) is 4.79 Å². The van der Waals surface area contributed by atoms with Crippen molar-refractivity contribution in [3.8, 4) is 11.5 Å². The number of methoxy groups -OCH3 is 1. The van der Waals surface area contributed by atoms with E-state index in [0.717, 1.165) is 14.7 Å². The molecule has 0 N–H and O–H groups in total. The van der Waals surface area contributed by atoms with Gasteiger partial charge in [-0.25, -0.2) is 9.79 Å². The Kier molecular flexibility index (Phi) is 5.89. The lowest BCUT2D eigenvalue weighted by Gasteiger charge is -2.14. The molecule has 0 saturated carbocycles. The number of rotatable bonds is 6. The minimum atomic E-state index is -0.532. The molecule has 30 heavy (non-hydrogen) atoms. The molecule has 4 rings (SSSR count). The number of carbonyl (C=O) groups excluding carboxylic acids is 1. The van der Waals surface area contributed by atoms with Crippen LogP contribution in [0.3, 0.4) is 0 Å². The van der Waals surface area contributed by atoms with Gasteiger partial charge in [0.1, 0.15) is 6.61 Å². The fraction of sp³-hybridized carbons (Fsp3) is 0.130. The zero-order valence-corrected chi connectivity index (χ0v) is 18.5. The molecule has 2 aromatic carbocycles. The fourth-order valence-corrected chi connectivity index (χ4v) is 3.77. The molecule has 152 valence electrons. The number of ether oxygens (including phenoxy) is 3. The van der Waals surface area contributed by atoms with E-state index in [1.54, 1.807) is 31.4 Å². The minimum absolute atomic E-state index is 0.149.